The summed E-state index contributed by atoms with van der Waals surface area (Å²) in [6.45, 7) is 2.59. The molecule has 0 unspecified atom stereocenters. The first-order chi connectivity index (χ1) is 9.52. The fraction of sp³-hybridized carbons (Fsp3) is 0.643. The maximum Gasteiger partial charge on any atom is 0.223 e. The van der Waals surface area contributed by atoms with E-state index in [-0.39, 0.29) is 23.5 Å². The molecule has 1 aliphatic rings. The van der Waals surface area contributed by atoms with E-state index in [1.807, 2.05) is 17.5 Å². The van der Waals surface area contributed by atoms with E-state index in [4.69, 9.17) is 0 Å². The van der Waals surface area contributed by atoms with E-state index in [9.17, 15) is 13.2 Å². The van der Waals surface area contributed by atoms with Crippen molar-refractivity contribution in [1.82, 2.24) is 4.90 Å². The molecule has 1 fully saturated rings. The zero-order valence-corrected chi connectivity index (χ0v) is 13.4. The summed E-state index contributed by atoms with van der Waals surface area (Å²) in [6.07, 6.45) is 2.92. The predicted octanol–water partition coefficient (Wildman–Crippen LogP) is 2.45. The molecular formula is C14H21NO3S2. The van der Waals surface area contributed by atoms with Gasteiger partial charge in [-0.25, -0.2) is 8.42 Å². The summed E-state index contributed by atoms with van der Waals surface area (Å²) >= 11 is 1.61. The second-order valence-corrected chi connectivity index (χ2v) is 8.52. The Labute approximate surface area is 124 Å². The molecule has 1 saturated heterocycles. The molecule has 20 heavy (non-hydrogen) atoms. The van der Waals surface area contributed by atoms with Crippen LogP contribution >= 0.6 is 11.3 Å². The van der Waals surface area contributed by atoms with Crippen LogP contribution in [0.1, 0.15) is 37.5 Å². The van der Waals surface area contributed by atoms with Crippen molar-refractivity contribution in [3.8, 4) is 0 Å². The number of carbonyl (C=O) groups excluding carboxylic acids is 1. The quantitative estimate of drug-likeness (QED) is 0.810. The monoisotopic (exact) mass is 315 g/mol. The number of hydrogen-bond donors (Lipinski definition) is 0. The molecule has 0 spiro atoms. The van der Waals surface area contributed by atoms with E-state index in [1.54, 1.807) is 16.2 Å². The number of amides is 1. The standard InChI is InChI=1S/C14H21NO3S2/c1-2-3-6-14(16)15(10-13-5-4-8-19-13)12-7-9-20(17,18)11-12/h4-5,8,12H,2-3,6-7,9-11H2,1H3/t12-/m0/s1. The molecule has 1 atom stereocenters. The number of sulfone groups is 1. The van der Waals surface area contributed by atoms with Crippen LogP contribution in [-0.4, -0.2) is 36.8 Å². The maximum absolute atomic E-state index is 12.4. The van der Waals surface area contributed by atoms with Crippen molar-refractivity contribution >= 4 is 27.1 Å². The summed E-state index contributed by atoms with van der Waals surface area (Å²) < 4.78 is 23.3. The van der Waals surface area contributed by atoms with Gasteiger partial charge in [-0.3, -0.25) is 4.79 Å². The third-order valence-electron chi connectivity index (χ3n) is 3.62. The van der Waals surface area contributed by atoms with Crippen LogP contribution < -0.4 is 0 Å². The fourth-order valence-corrected chi connectivity index (χ4v) is 4.92. The van der Waals surface area contributed by atoms with E-state index in [1.165, 1.54) is 0 Å². The van der Waals surface area contributed by atoms with Gasteiger partial charge in [0.1, 0.15) is 0 Å². The summed E-state index contributed by atoms with van der Waals surface area (Å²) in [5.41, 5.74) is 0. The van der Waals surface area contributed by atoms with Crippen LogP contribution in [0.25, 0.3) is 0 Å². The van der Waals surface area contributed by atoms with Gasteiger partial charge in [0.2, 0.25) is 5.91 Å². The molecule has 4 nitrogen and oxygen atoms in total. The summed E-state index contributed by atoms with van der Waals surface area (Å²) in [7, 11) is -2.96. The lowest BCUT2D eigenvalue weighted by Crippen LogP contribution is -2.40. The number of carbonyl (C=O) groups is 1. The summed E-state index contributed by atoms with van der Waals surface area (Å²) in [5, 5.41) is 1.98. The summed E-state index contributed by atoms with van der Waals surface area (Å²) in [5.74, 6) is 0.415. The van der Waals surface area contributed by atoms with Gasteiger partial charge in [0, 0.05) is 17.3 Å². The summed E-state index contributed by atoms with van der Waals surface area (Å²) in [6, 6.07) is 3.81. The average molecular weight is 315 g/mol. The molecule has 0 aliphatic carbocycles. The minimum absolute atomic E-state index is 0.0855. The predicted molar refractivity (Wildman–Crippen MR) is 81.5 cm³/mol. The molecule has 1 aliphatic heterocycles. The van der Waals surface area contributed by atoms with Crippen LogP contribution in [0.3, 0.4) is 0 Å². The largest absolute Gasteiger partial charge is 0.334 e. The van der Waals surface area contributed by atoms with Crippen molar-refractivity contribution in [2.45, 2.75) is 45.2 Å². The lowest BCUT2D eigenvalue weighted by molar-refractivity contribution is -0.133. The van der Waals surface area contributed by atoms with Crippen LogP contribution in [0, 0.1) is 0 Å². The Morgan fingerprint density at radius 3 is 2.85 bits per heavy atom. The molecular weight excluding hydrogens is 294 g/mol. The van der Waals surface area contributed by atoms with Gasteiger partial charge in [-0.1, -0.05) is 19.4 Å². The molecule has 2 heterocycles. The van der Waals surface area contributed by atoms with Crippen molar-refractivity contribution < 1.29 is 13.2 Å². The average Bonchev–Trinajstić information content (AvgIpc) is 3.02. The Balaban J connectivity index is 2.09. The van der Waals surface area contributed by atoms with Gasteiger partial charge in [0.05, 0.1) is 18.1 Å². The Hall–Kier alpha value is -0.880. The molecule has 0 N–H and O–H groups in total. The van der Waals surface area contributed by atoms with E-state index in [0.29, 0.717) is 19.4 Å². The van der Waals surface area contributed by atoms with E-state index >= 15 is 0 Å². The highest BCUT2D eigenvalue weighted by molar-refractivity contribution is 7.91. The van der Waals surface area contributed by atoms with Crippen molar-refractivity contribution in [3.63, 3.8) is 0 Å². The van der Waals surface area contributed by atoms with Crippen LogP contribution in [0.4, 0.5) is 0 Å². The lowest BCUT2D eigenvalue weighted by atomic mass is 10.1. The second-order valence-electron chi connectivity index (χ2n) is 5.26. The normalized spacial score (nSPS) is 20.9. The smallest absolute Gasteiger partial charge is 0.223 e. The SMILES string of the molecule is CCCCC(=O)N(Cc1cccs1)[C@H]1CCS(=O)(=O)C1. The molecule has 1 aromatic rings. The van der Waals surface area contributed by atoms with Crippen LogP contribution in [0.15, 0.2) is 17.5 Å². The van der Waals surface area contributed by atoms with Gasteiger partial charge in [-0.05, 0) is 24.3 Å². The molecule has 1 aromatic heterocycles. The van der Waals surface area contributed by atoms with Crippen LogP contribution in [0.5, 0.6) is 0 Å². The second kappa shape index (κ2) is 6.72. The fourth-order valence-electron chi connectivity index (χ4n) is 2.48. The summed E-state index contributed by atoms with van der Waals surface area (Å²) in [4.78, 5) is 15.3. The molecule has 0 saturated carbocycles. The van der Waals surface area contributed by atoms with Crippen molar-refractivity contribution in [1.29, 1.82) is 0 Å². The van der Waals surface area contributed by atoms with Gasteiger partial charge < -0.3 is 4.90 Å². The Morgan fingerprint density at radius 2 is 2.30 bits per heavy atom. The number of nitrogens with zero attached hydrogens (tertiary/aromatic N) is 1. The molecule has 1 amide bonds. The number of hydrogen-bond acceptors (Lipinski definition) is 4. The molecule has 0 radical (unpaired) electrons. The van der Waals surface area contributed by atoms with Gasteiger partial charge in [-0.15, -0.1) is 11.3 Å². The lowest BCUT2D eigenvalue weighted by Gasteiger charge is -2.28. The topological polar surface area (TPSA) is 54.5 Å². The van der Waals surface area contributed by atoms with Crippen molar-refractivity contribution in [2.24, 2.45) is 0 Å². The Kier molecular flexibility index (Phi) is 5.21. The zero-order chi connectivity index (χ0) is 14.6. The van der Waals surface area contributed by atoms with E-state index in [0.717, 1.165) is 17.7 Å². The minimum atomic E-state index is -2.96. The number of rotatable bonds is 6. The highest BCUT2D eigenvalue weighted by atomic mass is 32.2. The zero-order valence-electron chi connectivity index (χ0n) is 11.7. The van der Waals surface area contributed by atoms with Crippen molar-refractivity contribution in [2.75, 3.05) is 11.5 Å². The van der Waals surface area contributed by atoms with Crippen LogP contribution in [0.2, 0.25) is 0 Å². The molecule has 112 valence electrons. The molecule has 6 heteroatoms. The van der Waals surface area contributed by atoms with E-state index in [2.05, 4.69) is 6.92 Å². The van der Waals surface area contributed by atoms with Gasteiger partial charge >= 0.3 is 0 Å². The van der Waals surface area contributed by atoms with Gasteiger partial charge in [0.25, 0.3) is 0 Å². The number of thiophene rings is 1. The third kappa shape index (κ3) is 4.06. The Bertz CT molecular complexity index is 537. The Morgan fingerprint density at radius 1 is 1.50 bits per heavy atom. The maximum atomic E-state index is 12.4. The molecule has 0 bridgehead atoms. The van der Waals surface area contributed by atoms with Gasteiger partial charge in [0.15, 0.2) is 9.84 Å². The van der Waals surface area contributed by atoms with E-state index < -0.39 is 9.84 Å². The highest BCUT2D eigenvalue weighted by Crippen LogP contribution is 2.23. The number of unbranched alkanes of at least 4 members (excludes halogenated alkanes) is 1. The first-order valence-electron chi connectivity index (χ1n) is 7.04. The first kappa shape index (κ1) is 15.5. The van der Waals surface area contributed by atoms with Crippen LogP contribution in [-0.2, 0) is 21.2 Å². The third-order valence-corrected chi connectivity index (χ3v) is 6.23. The highest BCUT2D eigenvalue weighted by Gasteiger charge is 2.34. The van der Waals surface area contributed by atoms with Crippen molar-refractivity contribution in [3.05, 3.63) is 22.4 Å². The molecule has 2 rings (SSSR count). The molecule has 0 aromatic carbocycles. The van der Waals surface area contributed by atoms with Gasteiger partial charge in [-0.2, -0.15) is 0 Å². The minimum Gasteiger partial charge on any atom is -0.334 e. The first-order valence-corrected chi connectivity index (χ1v) is 9.74.